The number of aryl methyl sites for hydroxylation is 1. The standard InChI is InChI=1S/C13H23N5O3.CH2O2/c1-16(2)10-5-4-9(8-19)6-18(7-10)12(20)11-14-13(21)17(3)15-11;2-1-3/h9-10,19H,4-8H2,1-3H3,(H,14,15,21);1H,(H,2,3)/t9-,10+;/m0./s1. The molecule has 1 aromatic heterocycles. The summed E-state index contributed by atoms with van der Waals surface area (Å²) in [6.07, 6.45) is 1.81. The number of amides is 1. The molecule has 0 radical (unpaired) electrons. The summed E-state index contributed by atoms with van der Waals surface area (Å²) in [6, 6.07) is 0.237. The SMILES string of the molecule is CN(C)[C@@H]1CC[C@H](CO)CN(C(=O)c2nn(C)c(=O)[nH]2)C1.O=CO. The zero-order valence-electron chi connectivity index (χ0n) is 14.2. The fourth-order valence-corrected chi connectivity index (χ4v) is 2.64. The summed E-state index contributed by atoms with van der Waals surface area (Å²) in [5.41, 5.74) is -0.406. The number of likely N-dealkylation sites (tertiary alicyclic amines) is 1. The molecule has 2 atom stereocenters. The van der Waals surface area contributed by atoms with Gasteiger partial charge in [-0.15, -0.1) is 5.10 Å². The Morgan fingerprint density at radius 2 is 2.04 bits per heavy atom. The maximum absolute atomic E-state index is 12.5. The molecule has 0 bridgehead atoms. The van der Waals surface area contributed by atoms with Gasteiger partial charge in [-0.05, 0) is 32.9 Å². The van der Waals surface area contributed by atoms with Crippen LogP contribution >= 0.6 is 0 Å². The number of aliphatic hydroxyl groups excluding tert-OH is 1. The van der Waals surface area contributed by atoms with E-state index in [0.29, 0.717) is 13.1 Å². The largest absolute Gasteiger partial charge is 0.483 e. The number of H-pyrrole nitrogens is 1. The van der Waals surface area contributed by atoms with E-state index in [1.165, 1.54) is 7.05 Å². The van der Waals surface area contributed by atoms with Crippen molar-refractivity contribution in [1.29, 1.82) is 0 Å². The number of likely N-dealkylation sites (N-methyl/N-ethyl adjacent to an activating group) is 1. The highest BCUT2D eigenvalue weighted by atomic mass is 16.3. The number of aromatic nitrogens is 3. The second-order valence-electron chi connectivity index (χ2n) is 5.96. The van der Waals surface area contributed by atoms with Crippen molar-refractivity contribution in [3.8, 4) is 0 Å². The molecule has 10 nitrogen and oxygen atoms in total. The molecule has 136 valence electrons. The van der Waals surface area contributed by atoms with Crippen LogP contribution in [-0.2, 0) is 11.8 Å². The molecule has 2 rings (SSSR count). The van der Waals surface area contributed by atoms with Crippen molar-refractivity contribution in [2.45, 2.75) is 18.9 Å². The van der Waals surface area contributed by atoms with E-state index in [9.17, 15) is 14.7 Å². The van der Waals surface area contributed by atoms with Crippen molar-refractivity contribution < 1.29 is 19.8 Å². The fraction of sp³-hybridized carbons (Fsp3) is 0.714. The van der Waals surface area contributed by atoms with Crippen LogP contribution in [0, 0.1) is 5.92 Å². The quantitative estimate of drug-likeness (QED) is 0.574. The van der Waals surface area contributed by atoms with E-state index in [1.54, 1.807) is 4.90 Å². The van der Waals surface area contributed by atoms with E-state index in [0.717, 1.165) is 17.5 Å². The summed E-state index contributed by atoms with van der Waals surface area (Å²) >= 11 is 0. The molecule has 24 heavy (non-hydrogen) atoms. The Bertz CT molecular complexity index is 597. The van der Waals surface area contributed by atoms with Gasteiger partial charge in [-0.3, -0.25) is 14.6 Å². The van der Waals surface area contributed by atoms with E-state index < -0.39 is 5.69 Å². The van der Waals surface area contributed by atoms with E-state index in [1.807, 2.05) is 14.1 Å². The molecule has 1 aliphatic heterocycles. The van der Waals surface area contributed by atoms with Gasteiger partial charge in [0.2, 0.25) is 5.82 Å². The molecular formula is C14H25N5O5. The molecule has 0 aliphatic carbocycles. The summed E-state index contributed by atoms with van der Waals surface area (Å²) < 4.78 is 1.11. The highest BCUT2D eigenvalue weighted by Gasteiger charge is 2.29. The lowest BCUT2D eigenvalue weighted by Gasteiger charge is -2.28. The summed E-state index contributed by atoms with van der Waals surface area (Å²) in [5, 5.41) is 20.2. The Kier molecular flexibility index (Phi) is 7.59. The van der Waals surface area contributed by atoms with Gasteiger partial charge >= 0.3 is 5.69 Å². The molecule has 10 heteroatoms. The van der Waals surface area contributed by atoms with Crippen LogP contribution in [0.3, 0.4) is 0 Å². The molecular weight excluding hydrogens is 318 g/mol. The zero-order valence-corrected chi connectivity index (χ0v) is 14.2. The number of hydrogen-bond acceptors (Lipinski definition) is 6. The molecule has 1 aliphatic rings. The van der Waals surface area contributed by atoms with E-state index in [-0.39, 0.29) is 36.8 Å². The molecule has 1 aromatic rings. The lowest BCUT2D eigenvalue weighted by molar-refractivity contribution is -0.122. The third-order valence-electron chi connectivity index (χ3n) is 4.07. The number of aromatic amines is 1. The van der Waals surface area contributed by atoms with E-state index in [2.05, 4.69) is 15.0 Å². The van der Waals surface area contributed by atoms with Gasteiger partial charge in [-0.2, -0.15) is 0 Å². The summed E-state index contributed by atoms with van der Waals surface area (Å²) in [7, 11) is 5.46. The summed E-state index contributed by atoms with van der Waals surface area (Å²) in [5.74, 6) is -0.173. The number of nitrogens with zero attached hydrogens (tertiary/aromatic N) is 4. The fourth-order valence-electron chi connectivity index (χ4n) is 2.64. The van der Waals surface area contributed by atoms with Crippen molar-refractivity contribution in [1.82, 2.24) is 24.6 Å². The van der Waals surface area contributed by atoms with Crippen LogP contribution in [0.4, 0.5) is 0 Å². The minimum Gasteiger partial charge on any atom is -0.483 e. The first-order chi connectivity index (χ1) is 11.3. The van der Waals surface area contributed by atoms with E-state index in [4.69, 9.17) is 9.90 Å². The van der Waals surface area contributed by atoms with Gasteiger partial charge in [-0.25, -0.2) is 9.48 Å². The van der Waals surface area contributed by atoms with Crippen LogP contribution in [0.1, 0.15) is 23.5 Å². The van der Waals surface area contributed by atoms with Crippen molar-refractivity contribution in [2.75, 3.05) is 33.8 Å². The molecule has 3 N–H and O–H groups in total. The zero-order chi connectivity index (χ0) is 18.3. The van der Waals surface area contributed by atoms with Crippen LogP contribution in [0.25, 0.3) is 0 Å². The van der Waals surface area contributed by atoms with Crippen LogP contribution < -0.4 is 5.69 Å². The number of nitrogens with one attached hydrogen (secondary N) is 1. The molecule has 0 spiro atoms. The van der Waals surface area contributed by atoms with Gasteiger partial charge in [0.25, 0.3) is 12.4 Å². The van der Waals surface area contributed by atoms with Crippen molar-refractivity contribution >= 4 is 12.4 Å². The Hall–Kier alpha value is -2.20. The molecule has 1 fully saturated rings. The molecule has 1 saturated heterocycles. The molecule has 0 saturated carbocycles. The third kappa shape index (κ3) is 5.17. The summed E-state index contributed by atoms with van der Waals surface area (Å²) in [4.78, 5) is 38.5. The molecule has 2 heterocycles. The maximum Gasteiger partial charge on any atom is 0.343 e. The van der Waals surface area contributed by atoms with Crippen LogP contribution in [-0.4, -0.2) is 87.0 Å². The number of carbonyl (C=O) groups is 2. The highest BCUT2D eigenvalue weighted by Crippen LogP contribution is 2.19. The first-order valence-electron chi connectivity index (χ1n) is 7.61. The second kappa shape index (κ2) is 9.18. The predicted octanol–water partition coefficient (Wildman–Crippen LogP) is -1.42. The van der Waals surface area contributed by atoms with Crippen molar-refractivity contribution in [3.05, 3.63) is 16.3 Å². The van der Waals surface area contributed by atoms with Crippen molar-refractivity contribution in [3.63, 3.8) is 0 Å². The van der Waals surface area contributed by atoms with Gasteiger partial charge < -0.3 is 20.0 Å². The molecule has 0 aromatic carbocycles. The van der Waals surface area contributed by atoms with Gasteiger partial charge in [0.15, 0.2) is 0 Å². The number of carbonyl (C=O) groups excluding carboxylic acids is 1. The average Bonchev–Trinajstić information content (AvgIpc) is 2.76. The molecule has 1 amide bonds. The minimum absolute atomic E-state index is 0.0543. The van der Waals surface area contributed by atoms with Gasteiger partial charge in [0, 0.05) is 32.8 Å². The lowest BCUT2D eigenvalue weighted by Crippen LogP contribution is -2.43. The lowest BCUT2D eigenvalue weighted by atomic mass is 10.0. The minimum atomic E-state index is -0.406. The van der Waals surface area contributed by atoms with Crippen LogP contribution in [0.15, 0.2) is 4.79 Å². The third-order valence-corrected chi connectivity index (χ3v) is 4.07. The first-order valence-corrected chi connectivity index (χ1v) is 7.61. The molecule has 0 unspecified atom stereocenters. The van der Waals surface area contributed by atoms with Crippen LogP contribution in [0.2, 0.25) is 0 Å². The van der Waals surface area contributed by atoms with Gasteiger partial charge in [0.1, 0.15) is 0 Å². The smallest absolute Gasteiger partial charge is 0.343 e. The summed E-state index contributed by atoms with van der Waals surface area (Å²) in [6.45, 7) is 0.863. The Balaban J connectivity index is 0.000000891. The van der Waals surface area contributed by atoms with Gasteiger partial charge in [0.05, 0.1) is 0 Å². The Morgan fingerprint density at radius 1 is 1.42 bits per heavy atom. The number of rotatable bonds is 3. The number of aliphatic hydroxyl groups is 1. The number of carboxylic acid groups (broad SMARTS) is 1. The normalized spacial score (nSPS) is 21.0. The Morgan fingerprint density at radius 3 is 2.50 bits per heavy atom. The van der Waals surface area contributed by atoms with Crippen LogP contribution in [0.5, 0.6) is 0 Å². The monoisotopic (exact) mass is 343 g/mol. The van der Waals surface area contributed by atoms with Gasteiger partial charge in [-0.1, -0.05) is 0 Å². The topological polar surface area (TPSA) is 132 Å². The first kappa shape index (κ1) is 19.8. The van der Waals surface area contributed by atoms with E-state index >= 15 is 0 Å². The average molecular weight is 343 g/mol. The second-order valence-corrected chi connectivity index (χ2v) is 5.96. The highest BCUT2D eigenvalue weighted by molar-refractivity contribution is 5.90. The maximum atomic E-state index is 12.5. The Labute approximate surface area is 139 Å². The van der Waals surface area contributed by atoms with Crippen molar-refractivity contribution in [2.24, 2.45) is 13.0 Å². The predicted molar refractivity (Wildman–Crippen MR) is 85.7 cm³/mol. The number of hydrogen-bond donors (Lipinski definition) is 3.